The van der Waals surface area contributed by atoms with E-state index in [9.17, 15) is 0 Å². The second kappa shape index (κ2) is 6.17. The third kappa shape index (κ3) is 3.99. The van der Waals surface area contributed by atoms with Crippen molar-refractivity contribution in [1.29, 1.82) is 0 Å². The summed E-state index contributed by atoms with van der Waals surface area (Å²) in [6, 6.07) is 9.47. The van der Waals surface area contributed by atoms with E-state index in [-0.39, 0.29) is 0 Å². The Morgan fingerprint density at radius 3 is 2.05 bits per heavy atom. The van der Waals surface area contributed by atoms with E-state index in [1.54, 1.807) is 0 Å². The molecule has 0 amide bonds. The quantitative estimate of drug-likeness (QED) is 0.783. The van der Waals surface area contributed by atoms with Gasteiger partial charge in [0, 0.05) is 24.8 Å². The maximum atomic E-state index is 6.04. The number of hydrogen-bond acceptors (Lipinski definition) is 2. The van der Waals surface area contributed by atoms with E-state index < -0.39 is 0 Å². The van der Waals surface area contributed by atoms with Gasteiger partial charge in [-0.15, -0.1) is 0 Å². The van der Waals surface area contributed by atoms with Crippen molar-refractivity contribution < 1.29 is 0 Å². The summed E-state index contributed by atoms with van der Waals surface area (Å²) in [5.41, 5.74) is 8.83. The van der Waals surface area contributed by atoms with Crippen molar-refractivity contribution in [3.8, 4) is 0 Å². The van der Waals surface area contributed by atoms with Gasteiger partial charge in [0.2, 0.25) is 0 Å². The molecule has 3 rings (SSSR count). The van der Waals surface area contributed by atoms with E-state index in [0.717, 1.165) is 24.7 Å². The van der Waals surface area contributed by atoms with Gasteiger partial charge in [-0.1, -0.05) is 19.1 Å². The Bertz CT molecular complexity index is 404. The molecule has 2 heteroatoms. The van der Waals surface area contributed by atoms with Crippen LogP contribution >= 0.6 is 0 Å². The molecule has 110 valence electrons. The molecule has 0 aliphatic heterocycles. The van der Waals surface area contributed by atoms with Crippen LogP contribution < -0.4 is 10.6 Å². The minimum atomic E-state index is 0.301. The van der Waals surface area contributed by atoms with Crippen LogP contribution in [0.5, 0.6) is 0 Å². The summed E-state index contributed by atoms with van der Waals surface area (Å²) in [4.78, 5) is 2.62. The minimum absolute atomic E-state index is 0.301. The Hall–Kier alpha value is -1.02. The van der Waals surface area contributed by atoms with Crippen molar-refractivity contribution in [3.05, 3.63) is 29.8 Å². The highest BCUT2D eigenvalue weighted by molar-refractivity contribution is 5.48. The molecule has 0 saturated heterocycles. The summed E-state index contributed by atoms with van der Waals surface area (Å²) in [6.45, 7) is 4.70. The van der Waals surface area contributed by atoms with Crippen LogP contribution in [0.15, 0.2) is 24.3 Å². The van der Waals surface area contributed by atoms with Crippen molar-refractivity contribution in [2.75, 3.05) is 18.0 Å². The van der Waals surface area contributed by atoms with Crippen LogP contribution in [0.3, 0.4) is 0 Å². The molecule has 0 radical (unpaired) electrons. The molecule has 2 nitrogen and oxygen atoms in total. The summed E-state index contributed by atoms with van der Waals surface area (Å²) in [7, 11) is 0. The van der Waals surface area contributed by atoms with Crippen LogP contribution in [-0.4, -0.2) is 19.1 Å². The fourth-order valence-corrected chi connectivity index (χ4v) is 2.80. The standard InChI is InChI=1S/C18H28N2/c1-2-17(19)11-14-7-9-18(10-8-14)20(12-15-3-4-15)13-16-5-6-16/h7-10,15-17H,2-6,11-13,19H2,1H3. The van der Waals surface area contributed by atoms with Gasteiger partial charge in [-0.05, 0) is 68.1 Å². The molecule has 2 saturated carbocycles. The predicted molar refractivity (Wildman–Crippen MR) is 86.1 cm³/mol. The van der Waals surface area contributed by atoms with Crippen LogP contribution in [0.4, 0.5) is 5.69 Å². The van der Waals surface area contributed by atoms with Gasteiger partial charge in [-0.2, -0.15) is 0 Å². The van der Waals surface area contributed by atoms with Crippen molar-refractivity contribution in [2.45, 2.75) is 51.5 Å². The molecule has 0 heterocycles. The van der Waals surface area contributed by atoms with Crippen LogP contribution in [0.1, 0.15) is 44.6 Å². The molecule has 1 atom stereocenters. The van der Waals surface area contributed by atoms with Gasteiger partial charge in [-0.3, -0.25) is 0 Å². The number of anilines is 1. The summed E-state index contributed by atoms with van der Waals surface area (Å²) < 4.78 is 0. The highest BCUT2D eigenvalue weighted by Crippen LogP contribution is 2.35. The van der Waals surface area contributed by atoms with Gasteiger partial charge in [-0.25, -0.2) is 0 Å². The van der Waals surface area contributed by atoms with Crippen molar-refractivity contribution in [1.82, 2.24) is 0 Å². The molecule has 0 aromatic heterocycles. The Morgan fingerprint density at radius 1 is 1.05 bits per heavy atom. The molecule has 2 fully saturated rings. The van der Waals surface area contributed by atoms with Crippen LogP contribution in [0.2, 0.25) is 0 Å². The van der Waals surface area contributed by atoms with Crippen LogP contribution in [0, 0.1) is 11.8 Å². The van der Waals surface area contributed by atoms with Gasteiger partial charge in [0.05, 0.1) is 0 Å². The fourth-order valence-electron chi connectivity index (χ4n) is 2.80. The molecule has 2 aliphatic rings. The molecule has 2 aliphatic carbocycles. The number of nitrogens with zero attached hydrogens (tertiary/aromatic N) is 1. The molecule has 1 aromatic rings. The third-order valence-corrected chi connectivity index (χ3v) is 4.67. The Morgan fingerprint density at radius 2 is 1.60 bits per heavy atom. The maximum absolute atomic E-state index is 6.04. The number of benzene rings is 1. The van der Waals surface area contributed by atoms with Gasteiger partial charge in [0.15, 0.2) is 0 Å². The highest BCUT2D eigenvalue weighted by Gasteiger charge is 2.29. The second-order valence-corrected chi connectivity index (χ2v) is 6.83. The van der Waals surface area contributed by atoms with Gasteiger partial charge < -0.3 is 10.6 Å². The number of hydrogen-bond donors (Lipinski definition) is 1. The molecule has 20 heavy (non-hydrogen) atoms. The summed E-state index contributed by atoms with van der Waals surface area (Å²) in [6.07, 6.45) is 7.80. The average Bonchev–Trinajstić information content (AvgIpc) is 3.34. The van der Waals surface area contributed by atoms with Crippen molar-refractivity contribution in [2.24, 2.45) is 17.6 Å². The zero-order valence-electron chi connectivity index (χ0n) is 12.7. The molecular formula is C18H28N2. The van der Waals surface area contributed by atoms with E-state index in [0.29, 0.717) is 6.04 Å². The van der Waals surface area contributed by atoms with E-state index in [4.69, 9.17) is 5.73 Å². The van der Waals surface area contributed by atoms with E-state index in [1.165, 1.54) is 50.0 Å². The number of nitrogens with two attached hydrogens (primary N) is 1. The predicted octanol–water partition coefficient (Wildman–Crippen LogP) is 3.59. The lowest BCUT2D eigenvalue weighted by molar-refractivity contribution is 0.646. The maximum Gasteiger partial charge on any atom is 0.0366 e. The topological polar surface area (TPSA) is 29.3 Å². The Labute approximate surface area is 123 Å². The lowest BCUT2D eigenvalue weighted by atomic mass is 10.0. The van der Waals surface area contributed by atoms with Crippen LogP contribution in [-0.2, 0) is 6.42 Å². The molecule has 0 spiro atoms. The first-order valence-electron chi connectivity index (χ1n) is 8.34. The fraction of sp³-hybridized carbons (Fsp3) is 0.667. The largest absolute Gasteiger partial charge is 0.371 e. The smallest absolute Gasteiger partial charge is 0.0366 e. The third-order valence-electron chi connectivity index (χ3n) is 4.67. The lowest BCUT2D eigenvalue weighted by Gasteiger charge is -2.25. The first-order chi connectivity index (χ1) is 9.74. The van der Waals surface area contributed by atoms with E-state index in [1.807, 2.05) is 0 Å². The van der Waals surface area contributed by atoms with Gasteiger partial charge in [0.25, 0.3) is 0 Å². The SMILES string of the molecule is CCC(N)Cc1ccc(N(CC2CC2)CC2CC2)cc1. The monoisotopic (exact) mass is 272 g/mol. The first kappa shape index (κ1) is 13.9. The normalized spacial score (nSPS) is 19.9. The number of rotatable bonds is 8. The summed E-state index contributed by atoms with van der Waals surface area (Å²) in [5, 5.41) is 0. The van der Waals surface area contributed by atoms with Gasteiger partial charge in [0.1, 0.15) is 0 Å². The average molecular weight is 272 g/mol. The van der Waals surface area contributed by atoms with E-state index in [2.05, 4.69) is 36.1 Å². The molecule has 2 N–H and O–H groups in total. The highest BCUT2D eigenvalue weighted by atomic mass is 15.1. The van der Waals surface area contributed by atoms with Crippen molar-refractivity contribution in [3.63, 3.8) is 0 Å². The van der Waals surface area contributed by atoms with Crippen LogP contribution in [0.25, 0.3) is 0 Å². The lowest BCUT2D eigenvalue weighted by Crippen LogP contribution is -2.28. The zero-order chi connectivity index (χ0) is 13.9. The molecular weight excluding hydrogens is 244 g/mol. The second-order valence-electron chi connectivity index (χ2n) is 6.83. The van der Waals surface area contributed by atoms with Crippen molar-refractivity contribution >= 4 is 5.69 Å². The Kier molecular flexibility index (Phi) is 4.30. The summed E-state index contributed by atoms with van der Waals surface area (Å²) >= 11 is 0. The van der Waals surface area contributed by atoms with E-state index >= 15 is 0 Å². The zero-order valence-corrected chi connectivity index (χ0v) is 12.7. The minimum Gasteiger partial charge on any atom is -0.371 e. The van der Waals surface area contributed by atoms with Gasteiger partial charge >= 0.3 is 0 Å². The molecule has 1 aromatic carbocycles. The molecule has 1 unspecified atom stereocenters. The first-order valence-corrected chi connectivity index (χ1v) is 8.34. The Balaban J connectivity index is 1.63. The summed E-state index contributed by atoms with van der Waals surface area (Å²) in [5.74, 6) is 1.92. The molecule has 0 bridgehead atoms.